The molecule has 0 aliphatic heterocycles. The zero-order chi connectivity index (χ0) is 10.6. The maximum absolute atomic E-state index is 8.46. The van der Waals surface area contributed by atoms with Gasteiger partial charge in [0.2, 0.25) is 0 Å². The molecule has 4 heteroatoms. The molecule has 0 aromatic heterocycles. The van der Waals surface area contributed by atoms with Gasteiger partial charge in [0.25, 0.3) is 0 Å². The van der Waals surface area contributed by atoms with Crippen molar-refractivity contribution < 1.29 is 5.21 Å². The first kappa shape index (κ1) is 11.3. The number of nitrogens with zero attached hydrogens (tertiary/aromatic N) is 1. The van der Waals surface area contributed by atoms with Crippen molar-refractivity contribution in [2.45, 2.75) is 51.6 Å². The summed E-state index contributed by atoms with van der Waals surface area (Å²) < 4.78 is 0. The van der Waals surface area contributed by atoms with Crippen LogP contribution in [0.1, 0.15) is 39.5 Å². The number of oxime groups is 1. The van der Waals surface area contributed by atoms with Crippen molar-refractivity contribution in [3.63, 3.8) is 0 Å². The highest BCUT2D eigenvalue weighted by Crippen LogP contribution is 2.27. The molecule has 82 valence electrons. The van der Waals surface area contributed by atoms with Crippen molar-refractivity contribution in [3.8, 4) is 0 Å². The Morgan fingerprint density at radius 3 is 2.71 bits per heavy atom. The molecule has 4 nitrogen and oxygen atoms in total. The van der Waals surface area contributed by atoms with Crippen molar-refractivity contribution in [2.24, 2.45) is 16.8 Å². The Bertz CT molecular complexity index is 200. The highest BCUT2D eigenvalue weighted by Gasteiger charge is 2.26. The largest absolute Gasteiger partial charge is 0.409 e. The molecular formula is C10H21N3O. The van der Waals surface area contributed by atoms with Crippen LogP contribution in [-0.2, 0) is 0 Å². The molecule has 0 spiro atoms. The quantitative estimate of drug-likeness (QED) is 0.270. The van der Waals surface area contributed by atoms with E-state index in [9.17, 15) is 0 Å². The van der Waals surface area contributed by atoms with Gasteiger partial charge in [0.05, 0.1) is 0 Å². The fourth-order valence-electron chi connectivity index (χ4n) is 1.99. The highest BCUT2D eigenvalue weighted by atomic mass is 16.4. The molecule has 0 radical (unpaired) electrons. The maximum atomic E-state index is 8.46. The molecule has 14 heavy (non-hydrogen) atoms. The first-order valence-electron chi connectivity index (χ1n) is 5.38. The van der Waals surface area contributed by atoms with Gasteiger partial charge in [-0.15, -0.1) is 0 Å². The van der Waals surface area contributed by atoms with Crippen LogP contribution in [0.2, 0.25) is 0 Å². The van der Waals surface area contributed by atoms with Crippen LogP contribution in [0, 0.1) is 5.92 Å². The van der Waals surface area contributed by atoms with Gasteiger partial charge in [-0.05, 0) is 25.2 Å². The monoisotopic (exact) mass is 199 g/mol. The molecule has 0 aromatic rings. The van der Waals surface area contributed by atoms with Crippen LogP contribution in [0.5, 0.6) is 0 Å². The van der Waals surface area contributed by atoms with Crippen molar-refractivity contribution in [1.29, 1.82) is 0 Å². The second-order valence-corrected chi connectivity index (χ2v) is 4.34. The van der Waals surface area contributed by atoms with Crippen molar-refractivity contribution in [1.82, 2.24) is 5.32 Å². The molecule has 1 unspecified atom stereocenters. The number of hydrogen-bond donors (Lipinski definition) is 3. The van der Waals surface area contributed by atoms with E-state index in [1.165, 1.54) is 12.8 Å². The normalized spacial score (nSPS) is 29.7. The van der Waals surface area contributed by atoms with Gasteiger partial charge in [0, 0.05) is 18.5 Å². The lowest BCUT2D eigenvalue weighted by molar-refractivity contribution is 0.220. The fourth-order valence-corrected chi connectivity index (χ4v) is 1.99. The van der Waals surface area contributed by atoms with Crippen molar-refractivity contribution in [3.05, 3.63) is 0 Å². The molecule has 0 heterocycles. The summed E-state index contributed by atoms with van der Waals surface area (Å²) in [7, 11) is 0. The van der Waals surface area contributed by atoms with E-state index in [4.69, 9.17) is 10.9 Å². The van der Waals surface area contributed by atoms with Gasteiger partial charge < -0.3 is 16.3 Å². The molecule has 0 saturated heterocycles. The Morgan fingerprint density at radius 1 is 1.64 bits per heavy atom. The van der Waals surface area contributed by atoms with E-state index in [1.54, 1.807) is 0 Å². The number of rotatable bonds is 5. The second kappa shape index (κ2) is 5.20. The van der Waals surface area contributed by atoms with Crippen LogP contribution in [0.4, 0.5) is 0 Å². The third kappa shape index (κ3) is 3.18. The summed E-state index contributed by atoms with van der Waals surface area (Å²) in [5.74, 6) is 1.17. The molecule has 0 aromatic carbocycles. The van der Waals surface area contributed by atoms with Crippen LogP contribution in [0.15, 0.2) is 5.16 Å². The SMILES string of the molecule is CCC(CC(N)=NO)NC1CC(C)C1. The van der Waals surface area contributed by atoms with Gasteiger partial charge in [0.1, 0.15) is 5.84 Å². The summed E-state index contributed by atoms with van der Waals surface area (Å²) in [6, 6.07) is 0.991. The average molecular weight is 199 g/mol. The first-order valence-corrected chi connectivity index (χ1v) is 5.38. The van der Waals surface area contributed by atoms with E-state index in [1.807, 2.05) is 0 Å². The fraction of sp³-hybridized carbons (Fsp3) is 0.900. The summed E-state index contributed by atoms with van der Waals surface area (Å²) in [6.07, 6.45) is 4.17. The van der Waals surface area contributed by atoms with Crippen LogP contribution >= 0.6 is 0 Å². The van der Waals surface area contributed by atoms with Crippen LogP contribution in [-0.4, -0.2) is 23.1 Å². The van der Waals surface area contributed by atoms with Gasteiger partial charge in [-0.3, -0.25) is 0 Å². The summed E-state index contributed by atoms with van der Waals surface area (Å²) in [5.41, 5.74) is 5.47. The summed E-state index contributed by atoms with van der Waals surface area (Å²) >= 11 is 0. The van der Waals surface area contributed by atoms with E-state index in [2.05, 4.69) is 24.3 Å². The maximum Gasteiger partial charge on any atom is 0.140 e. The number of nitrogens with two attached hydrogens (primary N) is 1. The van der Waals surface area contributed by atoms with Crippen LogP contribution in [0.3, 0.4) is 0 Å². The number of amidine groups is 1. The average Bonchev–Trinajstić information content (AvgIpc) is 2.13. The topological polar surface area (TPSA) is 70.6 Å². The third-order valence-corrected chi connectivity index (χ3v) is 2.92. The Balaban J connectivity index is 2.25. The molecule has 0 amide bonds. The predicted molar refractivity (Wildman–Crippen MR) is 57.4 cm³/mol. The van der Waals surface area contributed by atoms with E-state index in [0.717, 1.165) is 12.3 Å². The Kier molecular flexibility index (Phi) is 4.20. The van der Waals surface area contributed by atoms with E-state index in [0.29, 0.717) is 24.3 Å². The van der Waals surface area contributed by atoms with Gasteiger partial charge in [0.15, 0.2) is 0 Å². The van der Waals surface area contributed by atoms with Crippen molar-refractivity contribution in [2.75, 3.05) is 0 Å². The van der Waals surface area contributed by atoms with Gasteiger partial charge in [-0.1, -0.05) is 19.0 Å². The Hall–Kier alpha value is -0.770. The first-order chi connectivity index (χ1) is 6.65. The van der Waals surface area contributed by atoms with Gasteiger partial charge in [-0.25, -0.2) is 0 Å². The van der Waals surface area contributed by atoms with E-state index >= 15 is 0 Å². The van der Waals surface area contributed by atoms with Crippen LogP contribution < -0.4 is 11.1 Å². The van der Waals surface area contributed by atoms with Gasteiger partial charge in [-0.2, -0.15) is 0 Å². The predicted octanol–water partition coefficient (Wildman–Crippen LogP) is 1.29. The lowest BCUT2D eigenvalue weighted by atomic mass is 9.81. The zero-order valence-electron chi connectivity index (χ0n) is 9.03. The number of nitrogens with one attached hydrogen (secondary N) is 1. The van der Waals surface area contributed by atoms with Crippen LogP contribution in [0.25, 0.3) is 0 Å². The Labute approximate surface area is 85.6 Å². The second-order valence-electron chi connectivity index (χ2n) is 4.34. The minimum atomic E-state index is 0.316. The smallest absolute Gasteiger partial charge is 0.140 e. The standard InChI is InChI=1S/C10H21N3O/c1-3-8(6-10(11)13-14)12-9-4-7(2)5-9/h7-9,12,14H,3-6H2,1-2H3,(H2,11,13). The molecule has 1 aliphatic carbocycles. The summed E-state index contributed by atoms with van der Waals surface area (Å²) in [4.78, 5) is 0. The third-order valence-electron chi connectivity index (χ3n) is 2.92. The van der Waals surface area contributed by atoms with E-state index in [-0.39, 0.29) is 0 Å². The molecule has 0 bridgehead atoms. The molecule has 1 rings (SSSR count). The van der Waals surface area contributed by atoms with E-state index < -0.39 is 0 Å². The molecule has 4 N–H and O–H groups in total. The molecule has 1 aliphatic rings. The van der Waals surface area contributed by atoms with Crippen molar-refractivity contribution >= 4 is 5.84 Å². The molecule has 1 fully saturated rings. The minimum Gasteiger partial charge on any atom is -0.409 e. The molecule has 1 atom stereocenters. The van der Waals surface area contributed by atoms with Gasteiger partial charge >= 0.3 is 0 Å². The lowest BCUT2D eigenvalue weighted by Gasteiger charge is -2.36. The summed E-state index contributed by atoms with van der Waals surface area (Å²) in [6.45, 7) is 4.38. The summed E-state index contributed by atoms with van der Waals surface area (Å²) in [5, 5.41) is 15.0. The Morgan fingerprint density at radius 2 is 2.29 bits per heavy atom. The minimum absolute atomic E-state index is 0.316. The highest BCUT2D eigenvalue weighted by molar-refractivity contribution is 5.80. The molecule has 1 saturated carbocycles. The molecular weight excluding hydrogens is 178 g/mol. The zero-order valence-corrected chi connectivity index (χ0v) is 9.03. The lowest BCUT2D eigenvalue weighted by Crippen LogP contribution is -2.46. The number of hydrogen-bond acceptors (Lipinski definition) is 3.